The van der Waals surface area contributed by atoms with Crippen LogP contribution >= 0.6 is 0 Å². The molecule has 38 heavy (non-hydrogen) atoms. The molecule has 0 saturated heterocycles. The maximum Gasteiger partial charge on any atom is 0.291 e. The normalized spacial score (nSPS) is 18.0. The highest BCUT2D eigenvalue weighted by Crippen LogP contribution is 2.53. The molecule has 1 unspecified atom stereocenters. The molecule has 2 amide bonds. The first kappa shape index (κ1) is 22.3. The van der Waals surface area contributed by atoms with Crippen LogP contribution in [0.5, 0.6) is 0 Å². The first-order chi connectivity index (χ1) is 18.5. The number of aryl methyl sites for hydroxylation is 1. The van der Waals surface area contributed by atoms with Gasteiger partial charge in [-0.25, -0.2) is 0 Å². The summed E-state index contributed by atoms with van der Waals surface area (Å²) in [5.41, 5.74) is 1.31. The van der Waals surface area contributed by atoms with Crippen LogP contribution in [0.2, 0.25) is 0 Å². The van der Waals surface area contributed by atoms with E-state index >= 15 is 0 Å². The number of carbonyl (C=O) groups is 2. The number of fused-ring (bicyclic) bond motifs is 5. The summed E-state index contributed by atoms with van der Waals surface area (Å²) < 4.78 is 11.7. The lowest BCUT2D eigenvalue weighted by molar-refractivity contribution is -0.126. The minimum absolute atomic E-state index is 0.00982. The Labute approximate surface area is 217 Å². The van der Waals surface area contributed by atoms with Crippen LogP contribution in [0.4, 0.5) is 5.69 Å². The van der Waals surface area contributed by atoms with Crippen LogP contribution in [0.3, 0.4) is 0 Å². The van der Waals surface area contributed by atoms with Gasteiger partial charge in [-0.05, 0) is 42.8 Å². The molecule has 0 bridgehead atoms. The van der Waals surface area contributed by atoms with Gasteiger partial charge < -0.3 is 18.6 Å². The molecule has 1 atom stereocenters. The molecule has 0 N–H and O–H groups in total. The lowest BCUT2D eigenvalue weighted by atomic mass is 9.84. The molecule has 2 aliphatic rings. The molecule has 4 heterocycles. The second-order valence-corrected chi connectivity index (χ2v) is 9.71. The van der Waals surface area contributed by atoms with Crippen molar-refractivity contribution in [3.05, 3.63) is 135 Å². The van der Waals surface area contributed by atoms with Crippen LogP contribution in [0.15, 0.2) is 105 Å². The number of rotatable bonds is 4. The molecule has 7 rings (SSSR count). The third-order valence-electron chi connectivity index (χ3n) is 7.47. The highest BCUT2D eigenvalue weighted by Gasteiger charge is 2.65. The topological polar surface area (TPSA) is 84.0 Å². The average Bonchev–Trinajstić information content (AvgIpc) is 3.60. The Morgan fingerprint density at radius 2 is 1.63 bits per heavy atom. The highest BCUT2D eigenvalue weighted by atomic mass is 16.4. The Morgan fingerprint density at radius 3 is 2.42 bits per heavy atom. The van der Waals surface area contributed by atoms with E-state index in [4.69, 9.17) is 8.83 Å². The maximum atomic E-state index is 14.7. The van der Waals surface area contributed by atoms with Gasteiger partial charge >= 0.3 is 0 Å². The molecule has 0 saturated carbocycles. The number of hydrogen-bond donors (Lipinski definition) is 0. The first-order valence-corrected chi connectivity index (χ1v) is 12.4. The fourth-order valence-electron chi connectivity index (χ4n) is 5.81. The summed E-state index contributed by atoms with van der Waals surface area (Å²) in [6, 6.07) is 25.7. The molecular formula is C31H22N2O5. The molecule has 0 radical (unpaired) electrons. The monoisotopic (exact) mass is 502 g/mol. The second-order valence-electron chi connectivity index (χ2n) is 9.71. The number of hydrogen-bond acceptors (Lipinski definition) is 5. The van der Waals surface area contributed by atoms with E-state index < -0.39 is 11.4 Å². The minimum Gasteiger partial charge on any atom is -0.467 e. The largest absolute Gasteiger partial charge is 0.467 e. The molecule has 2 aliphatic heterocycles. The molecule has 186 valence electrons. The Morgan fingerprint density at radius 1 is 0.842 bits per heavy atom. The molecule has 7 heteroatoms. The van der Waals surface area contributed by atoms with Crippen molar-refractivity contribution in [3.63, 3.8) is 0 Å². The zero-order valence-electron chi connectivity index (χ0n) is 20.5. The van der Waals surface area contributed by atoms with Crippen molar-refractivity contribution in [2.45, 2.75) is 25.6 Å². The number of para-hydroxylation sites is 1. The van der Waals surface area contributed by atoms with Gasteiger partial charge in [0.15, 0.2) is 11.0 Å². The lowest BCUT2D eigenvalue weighted by Crippen LogP contribution is -2.52. The van der Waals surface area contributed by atoms with Gasteiger partial charge in [-0.3, -0.25) is 14.4 Å². The predicted molar refractivity (Wildman–Crippen MR) is 141 cm³/mol. The van der Waals surface area contributed by atoms with Crippen LogP contribution in [0.25, 0.3) is 11.0 Å². The maximum absolute atomic E-state index is 14.7. The zero-order chi connectivity index (χ0) is 26.0. The number of anilines is 1. The molecular weight excluding hydrogens is 480 g/mol. The van der Waals surface area contributed by atoms with E-state index in [0.717, 1.165) is 11.1 Å². The van der Waals surface area contributed by atoms with Crippen LogP contribution in [0.1, 0.15) is 38.6 Å². The van der Waals surface area contributed by atoms with E-state index in [2.05, 4.69) is 0 Å². The number of nitrogens with zero attached hydrogens (tertiary/aromatic N) is 2. The molecule has 7 nitrogen and oxygen atoms in total. The van der Waals surface area contributed by atoms with Crippen molar-refractivity contribution in [1.82, 2.24) is 4.90 Å². The van der Waals surface area contributed by atoms with Gasteiger partial charge in [-0.1, -0.05) is 60.2 Å². The fraction of sp³-hybridized carbons (Fsp3) is 0.129. The van der Waals surface area contributed by atoms with Gasteiger partial charge in [0.1, 0.15) is 11.3 Å². The summed E-state index contributed by atoms with van der Waals surface area (Å²) in [5.74, 6) is -0.519. The second kappa shape index (κ2) is 8.05. The third-order valence-corrected chi connectivity index (χ3v) is 7.47. The smallest absolute Gasteiger partial charge is 0.291 e. The van der Waals surface area contributed by atoms with Crippen molar-refractivity contribution in [2.75, 3.05) is 4.90 Å². The van der Waals surface area contributed by atoms with E-state index in [0.29, 0.717) is 28.0 Å². The van der Waals surface area contributed by atoms with Gasteiger partial charge in [0.05, 0.1) is 36.0 Å². The molecule has 0 fully saturated rings. The molecule has 3 aromatic carbocycles. The van der Waals surface area contributed by atoms with Gasteiger partial charge in [0, 0.05) is 5.56 Å². The standard InChI is InChI=1S/C31H22N2O5/c1-19-13-14-25-22(16-19)27(34)26-28(38-25)29(35)33(18-21-10-7-15-37-21)31(26)23-11-5-6-12-24(23)32(30(31)36)17-20-8-3-2-4-9-20/h2-16H,17-18H2,1H3. The van der Waals surface area contributed by atoms with Crippen molar-refractivity contribution in [2.24, 2.45) is 0 Å². The van der Waals surface area contributed by atoms with E-state index in [1.807, 2.05) is 67.6 Å². The van der Waals surface area contributed by atoms with Gasteiger partial charge in [0.25, 0.3) is 11.8 Å². The average molecular weight is 503 g/mol. The summed E-state index contributed by atoms with van der Waals surface area (Å²) in [4.78, 5) is 46.1. The zero-order valence-corrected chi connectivity index (χ0v) is 20.5. The Kier molecular flexibility index (Phi) is 4.72. The van der Waals surface area contributed by atoms with E-state index in [-0.39, 0.29) is 35.7 Å². The first-order valence-electron chi connectivity index (χ1n) is 12.4. The van der Waals surface area contributed by atoms with Crippen molar-refractivity contribution in [3.8, 4) is 0 Å². The predicted octanol–water partition coefficient (Wildman–Crippen LogP) is 5.14. The van der Waals surface area contributed by atoms with Crippen LogP contribution in [0, 0.1) is 6.92 Å². The Balaban J connectivity index is 1.54. The van der Waals surface area contributed by atoms with Crippen molar-refractivity contribution >= 4 is 28.5 Å². The quantitative estimate of drug-likeness (QED) is 0.340. The molecule has 5 aromatic rings. The Hall–Kier alpha value is -4.91. The number of carbonyl (C=O) groups excluding carboxylic acids is 2. The van der Waals surface area contributed by atoms with Crippen LogP contribution < -0.4 is 10.3 Å². The number of furan rings is 1. The van der Waals surface area contributed by atoms with Gasteiger partial charge in [-0.15, -0.1) is 0 Å². The summed E-state index contributed by atoms with van der Waals surface area (Å²) >= 11 is 0. The van der Waals surface area contributed by atoms with Gasteiger partial charge in [-0.2, -0.15) is 0 Å². The van der Waals surface area contributed by atoms with Crippen molar-refractivity contribution < 1.29 is 18.4 Å². The molecule has 1 spiro atoms. The summed E-state index contributed by atoms with van der Waals surface area (Å²) in [5, 5.41) is 0.336. The van der Waals surface area contributed by atoms with Crippen LogP contribution in [-0.4, -0.2) is 16.7 Å². The summed E-state index contributed by atoms with van der Waals surface area (Å²) in [6.07, 6.45) is 1.52. The van der Waals surface area contributed by atoms with E-state index in [1.165, 1.54) is 11.2 Å². The van der Waals surface area contributed by atoms with E-state index in [1.54, 1.807) is 29.2 Å². The SMILES string of the molecule is Cc1ccc2oc3c(c(=O)c2c1)C1(C(=O)N(Cc2ccccc2)c2ccccc21)N(Cc1ccco1)C3=O. The number of benzene rings is 3. The third kappa shape index (κ3) is 2.93. The van der Waals surface area contributed by atoms with E-state index in [9.17, 15) is 14.4 Å². The summed E-state index contributed by atoms with van der Waals surface area (Å²) in [7, 11) is 0. The highest BCUT2D eigenvalue weighted by molar-refractivity contribution is 6.17. The van der Waals surface area contributed by atoms with Crippen molar-refractivity contribution in [1.29, 1.82) is 0 Å². The lowest BCUT2D eigenvalue weighted by Gasteiger charge is -2.33. The minimum atomic E-state index is -1.69. The summed E-state index contributed by atoms with van der Waals surface area (Å²) in [6.45, 7) is 2.16. The fourth-order valence-corrected chi connectivity index (χ4v) is 5.81. The Bertz CT molecular complexity index is 1810. The van der Waals surface area contributed by atoms with Gasteiger partial charge in [0.2, 0.25) is 5.76 Å². The number of amides is 2. The van der Waals surface area contributed by atoms with Crippen LogP contribution in [-0.2, 0) is 23.4 Å². The molecule has 2 aromatic heterocycles. The molecule has 0 aliphatic carbocycles.